The van der Waals surface area contributed by atoms with Gasteiger partial charge < -0.3 is 9.47 Å². The molecule has 4 rings (SSSR count). The molecule has 1 saturated carbocycles. The SMILES string of the molecule is COC(=O)c1cc(C2CC2)c(O[C@@H]2CCCN(C(C)(C)c3cccc(Cl)c3)C2)cc1F. The van der Waals surface area contributed by atoms with Crippen LogP contribution in [0.4, 0.5) is 4.39 Å². The lowest BCUT2D eigenvalue weighted by Crippen LogP contribution is -2.50. The monoisotopic (exact) mass is 445 g/mol. The van der Waals surface area contributed by atoms with Gasteiger partial charge >= 0.3 is 5.97 Å². The molecule has 0 radical (unpaired) electrons. The molecule has 0 spiro atoms. The van der Waals surface area contributed by atoms with Gasteiger partial charge in [-0.05, 0) is 81.3 Å². The molecule has 1 heterocycles. The number of benzene rings is 2. The molecule has 2 aliphatic rings. The minimum Gasteiger partial charge on any atom is -0.489 e. The Morgan fingerprint density at radius 2 is 1.97 bits per heavy atom. The van der Waals surface area contributed by atoms with E-state index < -0.39 is 11.8 Å². The average molecular weight is 446 g/mol. The molecule has 0 amide bonds. The van der Waals surface area contributed by atoms with Gasteiger partial charge in [-0.15, -0.1) is 0 Å². The van der Waals surface area contributed by atoms with Crippen LogP contribution in [0.15, 0.2) is 36.4 Å². The zero-order valence-electron chi connectivity index (χ0n) is 18.3. The van der Waals surface area contributed by atoms with E-state index >= 15 is 0 Å². The van der Waals surface area contributed by atoms with Crippen molar-refractivity contribution in [3.8, 4) is 5.75 Å². The van der Waals surface area contributed by atoms with Crippen LogP contribution in [-0.4, -0.2) is 37.2 Å². The van der Waals surface area contributed by atoms with E-state index in [9.17, 15) is 9.18 Å². The summed E-state index contributed by atoms with van der Waals surface area (Å²) in [5, 5.41) is 0.727. The number of hydrogen-bond acceptors (Lipinski definition) is 4. The molecule has 1 aliphatic carbocycles. The zero-order valence-corrected chi connectivity index (χ0v) is 19.0. The molecule has 2 aromatic rings. The maximum absolute atomic E-state index is 14.6. The fraction of sp³-hybridized carbons (Fsp3) is 0.480. The fourth-order valence-corrected chi connectivity index (χ4v) is 4.62. The standard InChI is InChI=1S/C25H29ClFNO3/c1-25(2,17-6-4-7-18(26)12-17)28-11-5-8-19(15-28)31-23-14-22(27)21(24(29)30-3)13-20(23)16-9-10-16/h4,6-7,12-14,16,19H,5,8-11,15H2,1-3H3/t19-/m1/s1. The second-order valence-electron chi connectivity index (χ2n) is 9.03. The van der Waals surface area contributed by atoms with Crippen LogP contribution >= 0.6 is 11.6 Å². The van der Waals surface area contributed by atoms with Crippen LogP contribution in [0.5, 0.6) is 5.75 Å². The molecule has 166 valence electrons. The Morgan fingerprint density at radius 1 is 1.19 bits per heavy atom. The van der Waals surface area contributed by atoms with Crippen LogP contribution < -0.4 is 4.74 Å². The van der Waals surface area contributed by atoms with Crippen LogP contribution in [0.3, 0.4) is 0 Å². The molecule has 31 heavy (non-hydrogen) atoms. The molecule has 0 N–H and O–H groups in total. The lowest BCUT2D eigenvalue weighted by molar-refractivity contribution is 0.0243. The van der Waals surface area contributed by atoms with E-state index in [0.29, 0.717) is 11.7 Å². The topological polar surface area (TPSA) is 38.8 Å². The van der Waals surface area contributed by atoms with Gasteiger partial charge in [-0.3, -0.25) is 4.90 Å². The highest BCUT2D eigenvalue weighted by Crippen LogP contribution is 2.46. The average Bonchev–Trinajstić information content (AvgIpc) is 3.59. The first-order valence-corrected chi connectivity index (χ1v) is 11.3. The summed E-state index contributed by atoms with van der Waals surface area (Å²) in [7, 11) is 1.27. The smallest absolute Gasteiger partial charge is 0.340 e. The third kappa shape index (κ3) is 4.73. The van der Waals surface area contributed by atoms with Gasteiger partial charge in [0.2, 0.25) is 0 Å². The highest BCUT2D eigenvalue weighted by molar-refractivity contribution is 6.30. The van der Waals surface area contributed by atoms with Gasteiger partial charge in [0.05, 0.1) is 12.7 Å². The number of nitrogens with zero attached hydrogens (tertiary/aromatic N) is 1. The number of halogens is 2. The molecule has 2 aromatic carbocycles. The number of piperidine rings is 1. The maximum Gasteiger partial charge on any atom is 0.340 e. The molecule has 1 aliphatic heterocycles. The Kier molecular flexibility index (Phi) is 6.27. The quantitative estimate of drug-likeness (QED) is 0.517. The first-order chi connectivity index (χ1) is 14.8. The van der Waals surface area contributed by atoms with Crippen LogP contribution in [0.25, 0.3) is 0 Å². The first-order valence-electron chi connectivity index (χ1n) is 10.9. The normalized spacial score (nSPS) is 19.8. The van der Waals surface area contributed by atoms with E-state index in [-0.39, 0.29) is 17.2 Å². The lowest BCUT2D eigenvalue weighted by atomic mass is 9.89. The largest absolute Gasteiger partial charge is 0.489 e. The molecule has 2 fully saturated rings. The summed E-state index contributed by atoms with van der Waals surface area (Å²) < 4.78 is 25.7. The van der Waals surface area contributed by atoms with Gasteiger partial charge in [0.1, 0.15) is 17.7 Å². The predicted molar refractivity (Wildman–Crippen MR) is 119 cm³/mol. The van der Waals surface area contributed by atoms with E-state index in [1.807, 2.05) is 18.2 Å². The summed E-state index contributed by atoms with van der Waals surface area (Å²) in [6.45, 7) is 6.09. The number of methoxy groups -OCH3 is 1. The predicted octanol–water partition coefficient (Wildman–Crippen LogP) is 5.92. The Labute approximate surface area is 188 Å². The number of hydrogen-bond donors (Lipinski definition) is 0. The summed E-state index contributed by atoms with van der Waals surface area (Å²) >= 11 is 6.23. The molecule has 1 atom stereocenters. The van der Waals surface area contributed by atoms with E-state index in [0.717, 1.165) is 54.9 Å². The number of esters is 1. The second kappa shape index (κ2) is 8.79. The van der Waals surface area contributed by atoms with Crippen LogP contribution in [0.1, 0.15) is 66.9 Å². The molecule has 6 heteroatoms. The van der Waals surface area contributed by atoms with Crippen molar-refractivity contribution in [3.05, 3.63) is 63.9 Å². The molecular formula is C25H29ClFNO3. The Hall–Kier alpha value is -2.11. The van der Waals surface area contributed by atoms with E-state index in [4.69, 9.17) is 21.1 Å². The molecule has 4 nitrogen and oxygen atoms in total. The number of ether oxygens (including phenoxy) is 2. The van der Waals surface area contributed by atoms with Crippen LogP contribution in [-0.2, 0) is 10.3 Å². The van der Waals surface area contributed by atoms with Gasteiger partial charge in [0.15, 0.2) is 0 Å². The Morgan fingerprint density at radius 3 is 2.65 bits per heavy atom. The van der Waals surface area contributed by atoms with Crippen molar-refractivity contribution in [2.45, 2.75) is 57.1 Å². The third-order valence-electron chi connectivity index (χ3n) is 6.52. The van der Waals surface area contributed by atoms with Gasteiger partial charge in [0.25, 0.3) is 0 Å². The van der Waals surface area contributed by atoms with Crippen molar-refractivity contribution < 1.29 is 18.7 Å². The van der Waals surface area contributed by atoms with Gasteiger partial charge in [-0.2, -0.15) is 0 Å². The number of likely N-dealkylation sites (tertiary alicyclic amines) is 1. The zero-order chi connectivity index (χ0) is 22.2. The van der Waals surface area contributed by atoms with Crippen molar-refractivity contribution in [1.29, 1.82) is 0 Å². The Bertz CT molecular complexity index is 973. The fourth-order valence-electron chi connectivity index (χ4n) is 4.43. The minimum absolute atomic E-state index is 0.0240. The minimum atomic E-state index is -0.655. The van der Waals surface area contributed by atoms with Gasteiger partial charge in [-0.1, -0.05) is 23.7 Å². The van der Waals surface area contributed by atoms with Gasteiger partial charge in [-0.25, -0.2) is 9.18 Å². The van der Waals surface area contributed by atoms with Crippen LogP contribution in [0, 0.1) is 5.82 Å². The molecule has 0 bridgehead atoms. The lowest BCUT2D eigenvalue weighted by Gasteiger charge is -2.44. The molecule has 0 unspecified atom stereocenters. The molecule has 0 aromatic heterocycles. The summed E-state index contributed by atoms with van der Waals surface area (Å²) in [4.78, 5) is 14.3. The van der Waals surface area contributed by atoms with Crippen molar-refractivity contribution >= 4 is 17.6 Å². The maximum atomic E-state index is 14.6. The molecular weight excluding hydrogens is 417 g/mol. The van der Waals surface area contributed by atoms with Crippen molar-refractivity contribution in [1.82, 2.24) is 4.90 Å². The van der Waals surface area contributed by atoms with Crippen LogP contribution in [0.2, 0.25) is 5.02 Å². The number of carbonyl (C=O) groups is 1. The van der Waals surface area contributed by atoms with Gasteiger partial charge in [0, 0.05) is 23.2 Å². The van der Waals surface area contributed by atoms with E-state index in [1.54, 1.807) is 6.07 Å². The number of rotatable bonds is 6. The number of carbonyl (C=O) groups excluding carboxylic acids is 1. The second-order valence-corrected chi connectivity index (χ2v) is 9.47. The summed E-state index contributed by atoms with van der Waals surface area (Å²) in [6, 6.07) is 11.0. The van der Waals surface area contributed by atoms with E-state index in [1.165, 1.54) is 13.2 Å². The Balaban J connectivity index is 1.55. The highest BCUT2D eigenvalue weighted by Gasteiger charge is 2.35. The third-order valence-corrected chi connectivity index (χ3v) is 6.75. The summed E-state index contributed by atoms with van der Waals surface area (Å²) in [6.07, 6.45) is 3.92. The molecule has 1 saturated heterocycles. The van der Waals surface area contributed by atoms with Crippen molar-refractivity contribution in [2.75, 3.05) is 20.2 Å². The van der Waals surface area contributed by atoms with E-state index in [2.05, 4.69) is 24.8 Å². The first kappa shape index (κ1) is 22.1. The van der Waals surface area contributed by atoms with Crippen molar-refractivity contribution in [2.24, 2.45) is 0 Å². The highest BCUT2D eigenvalue weighted by atomic mass is 35.5. The summed E-state index contributed by atoms with van der Waals surface area (Å²) in [5.41, 5.74) is 1.84. The summed E-state index contributed by atoms with van der Waals surface area (Å²) in [5.74, 6) is -0.377. The van der Waals surface area contributed by atoms with Crippen molar-refractivity contribution in [3.63, 3.8) is 0 Å².